The Morgan fingerprint density at radius 2 is 1.90 bits per heavy atom. The summed E-state index contributed by atoms with van der Waals surface area (Å²) in [6.45, 7) is 0.456. The highest BCUT2D eigenvalue weighted by atomic mass is 16.5. The van der Waals surface area contributed by atoms with E-state index in [4.69, 9.17) is 19.9 Å². The predicted molar refractivity (Wildman–Crippen MR) is 80.8 cm³/mol. The van der Waals surface area contributed by atoms with Crippen LogP contribution < -0.4 is 15.2 Å². The number of hydrogen-bond acceptors (Lipinski definition) is 5. The van der Waals surface area contributed by atoms with E-state index >= 15 is 0 Å². The summed E-state index contributed by atoms with van der Waals surface area (Å²) in [5.41, 5.74) is 6.52. The Balaban J connectivity index is 2.07. The summed E-state index contributed by atoms with van der Waals surface area (Å²) in [7, 11) is 3.03. The predicted octanol–water partition coefficient (Wildman–Crippen LogP) is 3.02. The van der Waals surface area contributed by atoms with Gasteiger partial charge in [-0.2, -0.15) is 0 Å². The number of ether oxygens (including phenoxy) is 3. The first-order chi connectivity index (χ1) is 10.2. The van der Waals surface area contributed by atoms with Crippen LogP contribution in [-0.2, 0) is 4.74 Å². The zero-order chi connectivity index (χ0) is 15.2. The standard InChI is InChI=1S/C16H23NO4/c1-19-12-8-13(15(17)14(9-12)20-2)16(18)21-10-11-6-4-3-5-7-11/h8-9,11H,3-7,10,17H2,1-2H3. The molecule has 1 saturated carbocycles. The summed E-state index contributed by atoms with van der Waals surface area (Å²) in [6, 6.07) is 3.23. The maximum Gasteiger partial charge on any atom is 0.340 e. The number of anilines is 1. The molecule has 5 nitrogen and oxygen atoms in total. The van der Waals surface area contributed by atoms with Crippen LogP contribution in [-0.4, -0.2) is 26.8 Å². The highest BCUT2D eigenvalue weighted by molar-refractivity contribution is 5.97. The summed E-state index contributed by atoms with van der Waals surface area (Å²) in [6.07, 6.45) is 5.98. The van der Waals surface area contributed by atoms with Gasteiger partial charge in [0.05, 0.1) is 32.1 Å². The van der Waals surface area contributed by atoms with Crippen LogP contribution >= 0.6 is 0 Å². The molecule has 0 spiro atoms. The van der Waals surface area contributed by atoms with Crippen molar-refractivity contribution in [2.75, 3.05) is 26.6 Å². The molecule has 1 aromatic rings. The maximum absolute atomic E-state index is 12.2. The van der Waals surface area contributed by atoms with Crippen molar-refractivity contribution in [3.05, 3.63) is 17.7 Å². The van der Waals surface area contributed by atoms with Gasteiger partial charge in [0.1, 0.15) is 11.5 Å². The Bertz CT molecular complexity index is 495. The van der Waals surface area contributed by atoms with Gasteiger partial charge >= 0.3 is 5.97 Å². The van der Waals surface area contributed by atoms with Crippen molar-refractivity contribution in [2.45, 2.75) is 32.1 Å². The monoisotopic (exact) mass is 293 g/mol. The molecule has 0 radical (unpaired) electrons. The van der Waals surface area contributed by atoms with E-state index in [2.05, 4.69) is 0 Å². The van der Waals surface area contributed by atoms with Crippen molar-refractivity contribution < 1.29 is 19.0 Å². The second-order valence-electron chi connectivity index (χ2n) is 5.39. The van der Waals surface area contributed by atoms with Crippen LogP contribution in [0.4, 0.5) is 5.69 Å². The van der Waals surface area contributed by atoms with E-state index in [1.807, 2.05) is 0 Å². The number of carbonyl (C=O) groups is 1. The van der Waals surface area contributed by atoms with Gasteiger partial charge in [0.25, 0.3) is 0 Å². The number of nitrogens with two attached hydrogens (primary N) is 1. The van der Waals surface area contributed by atoms with Gasteiger partial charge in [-0.3, -0.25) is 0 Å². The first-order valence-corrected chi connectivity index (χ1v) is 7.34. The minimum absolute atomic E-state index is 0.284. The van der Waals surface area contributed by atoms with Crippen molar-refractivity contribution in [1.29, 1.82) is 0 Å². The number of methoxy groups -OCH3 is 2. The molecular formula is C16H23NO4. The Kier molecular flexibility index (Phi) is 5.31. The average molecular weight is 293 g/mol. The number of benzene rings is 1. The van der Waals surface area contributed by atoms with Gasteiger partial charge < -0.3 is 19.9 Å². The molecule has 0 aromatic heterocycles. The van der Waals surface area contributed by atoms with Gasteiger partial charge in [-0.05, 0) is 24.8 Å². The van der Waals surface area contributed by atoms with Crippen molar-refractivity contribution in [3.63, 3.8) is 0 Å². The first kappa shape index (κ1) is 15.5. The lowest BCUT2D eigenvalue weighted by Crippen LogP contribution is -2.17. The van der Waals surface area contributed by atoms with Crippen LogP contribution in [0, 0.1) is 5.92 Å². The molecular weight excluding hydrogens is 270 g/mol. The van der Waals surface area contributed by atoms with Crippen LogP contribution in [0.1, 0.15) is 42.5 Å². The maximum atomic E-state index is 12.2. The molecule has 1 aliphatic rings. The van der Waals surface area contributed by atoms with E-state index in [1.165, 1.54) is 33.5 Å². The fourth-order valence-electron chi connectivity index (χ4n) is 2.68. The van der Waals surface area contributed by atoms with E-state index in [-0.39, 0.29) is 5.69 Å². The summed E-state index contributed by atoms with van der Waals surface area (Å²) < 4.78 is 15.7. The Morgan fingerprint density at radius 1 is 1.19 bits per heavy atom. The quantitative estimate of drug-likeness (QED) is 0.667. The lowest BCUT2D eigenvalue weighted by atomic mass is 9.90. The van der Waals surface area contributed by atoms with Gasteiger partial charge in [0.2, 0.25) is 0 Å². The first-order valence-electron chi connectivity index (χ1n) is 7.34. The second kappa shape index (κ2) is 7.20. The fraction of sp³-hybridized carbons (Fsp3) is 0.562. The van der Waals surface area contributed by atoms with Gasteiger partial charge in [-0.15, -0.1) is 0 Å². The van der Waals surface area contributed by atoms with Crippen molar-refractivity contribution in [1.82, 2.24) is 0 Å². The van der Waals surface area contributed by atoms with Crippen molar-refractivity contribution in [2.24, 2.45) is 5.92 Å². The Labute approximate surface area is 125 Å². The molecule has 0 aliphatic heterocycles. The molecule has 0 atom stereocenters. The molecule has 21 heavy (non-hydrogen) atoms. The zero-order valence-corrected chi connectivity index (χ0v) is 12.7. The van der Waals surface area contributed by atoms with Crippen LogP contribution in [0.5, 0.6) is 11.5 Å². The van der Waals surface area contributed by atoms with E-state index in [0.717, 1.165) is 12.8 Å². The molecule has 116 valence electrons. The largest absolute Gasteiger partial charge is 0.497 e. The number of carbonyl (C=O) groups excluding carboxylic acids is 1. The third-order valence-electron chi connectivity index (χ3n) is 3.97. The van der Waals surface area contributed by atoms with Crippen LogP contribution in [0.25, 0.3) is 0 Å². The second-order valence-corrected chi connectivity index (χ2v) is 5.39. The third-order valence-corrected chi connectivity index (χ3v) is 3.97. The fourth-order valence-corrected chi connectivity index (χ4v) is 2.68. The number of nitrogen functional groups attached to an aromatic ring is 1. The van der Waals surface area contributed by atoms with E-state index < -0.39 is 5.97 Å². The number of esters is 1. The lowest BCUT2D eigenvalue weighted by Gasteiger charge is -2.21. The van der Waals surface area contributed by atoms with E-state index in [0.29, 0.717) is 29.6 Å². The minimum Gasteiger partial charge on any atom is -0.497 e. The topological polar surface area (TPSA) is 70.8 Å². The zero-order valence-electron chi connectivity index (χ0n) is 12.7. The Hall–Kier alpha value is -1.91. The van der Waals surface area contributed by atoms with Crippen LogP contribution in [0.2, 0.25) is 0 Å². The third kappa shape index (κ3) is 3.80. The number of hydrogen-bond donors (Lipinski definition) is 1. The molecule has 0 bridgehead atoms. The highest BCUT2D eigenvalue weighted by Crippen LogP contribution is 2.32. The van der Waals surface area contributed by atoms with Gasteiger partial charge in [0, 0.05) is 6.07 Å². The van der Waals surface area contributed by atoms with Gasteiger partial charge in [-0.25, -0.2) is 4.79 Å². The molecule has 1 fully saturated rings. The summed E-state index contributed by atoms with van der Waals surface area (Å²) in [5.74, 6) is 0.983. The van der Waals surface area contributed by atoms with Gasteiger partial charge in [-0.1, -0.05) is 19.3 Å². The minimum atomic E-state index is -0.421. The molecule has 0 unspecified atom stereocenters. The molecule has 0 heterocycles. The molecule has 0 saturated heterocycles. The molecule has 2 N–H and O–H groups in total. The summed E-state index contributed by atoms with van der Waals surface area (Å²) >= 11 is 0. The van der Waals surface area contributed by atoms with Crippen molar-refractivity contribution >= 4 is 11.7 Å². The van der Waals surface area contributed by atoms with Crippen LogP contribution in [0.15, 0.2) is 12.1 Å². The Morgan fingerprint density at radius 3 is 2.52 bits per heavy atom. The molecule has 1 aliphatic carbocycles. The highest BCUT2D eigenvalue weighted by Gasteiger charge is 2.20. The molecule has 5 heteroatoms. The number of rotatable bonds is 5. The smallest absolute Gasteiger partial charge is 0.340 e. The average Bonchev–Trinajstić information content (AvgIpc) is 2.53. The summed E-state index contributed by atoms with van der Waals surface area (Å²) in [5, 5.41) is 0. The SMILES string of the molecule is COc1cc(OC)c(N)c(C(=O)OCC2CCCCC2)c1. The van der Waals surface area contributed by atoms with Crippen molar-refractivity contribution in [3.8, 4) is 11.5 Å². The summed E-state index contributed by atoms with van der Waals surface area (Å²) in [4.78, 5) is 12.2. The molecule has 1 aromatic carbocycles. The molecule has 2 rings (SSSR count). The van der Waals surface area contributed by atoms with Gasteiger partial charge in [0.15, 0.2) is 0 Å². The van der Waals surface area contributed by atoms with E-state index in [9.17, 15) is 4.79 Å². The normalized spacial score (nSPS) is 15.5. The molecule has 0 amide bonds. The lowest BCUT2D eigenvalue weighted by molar-refractivity contribution is 0.0411. The van der Waals surface area contributed by atoms with Crippen LogP contribution in [0.3, 0.4) is 0 Å². The van der Waals surface area contributed by atoms with E-state index in [1.54, 1.807) is 12.1 Å².